The number of rotatable bonds is 8. The molecule has 0 radical (unpaired) electrons. The van der Waals surface area contributed by atoms with Gasteiger partial charge in [0, 0.05) is 31.8 Å². The molecule has 0 unspecified atom stereocenters. The van der Waals surface area contributed by atoms with Gasteiger partial charge in [-0.3, -0.25) is 0 Å². The molecule has 0 aromatic heterocycles. The highest BCUT2D eigenvalue weighted by atomic mass is 16.6. The number of nitrogens with one attached hydrogen (secondary N) is 1. The molecule has 3 N–H and O–H groups in total. The summed E-state index contributed by atoms with van der Waals surface area (Å²) in [5.41, 5.74) is 8.17. The molecule has 1 heterocycles. The van der Waals surface area contributed by atoms with Crippen LogP contribution in [0.2, 0.25) is 0 Å². The van der Waals surface area contributed by atoms with Crippen LogP contribution in [0, 0.1) is 6.92 Å². The largest absolute Gasteiger partial charge is 0.491 e. The Bertz CT molecular complexity index is 658. The summed E-state index contributed by atoms with van der Waals surface area (Å²) in [6.07, 6.45) is 1.37. The van der Waals surface area contributed by atoms with Gasteiger partial charge in [0.05, 0.1) is 19.8 Å². The second kappa shape index (κ2) is 11.4. The van der Waals surface area contributed by atoms with E-state index >= 15 is 0 Å². The van der Waals surface area contributed by atoms with Crippen LogP contribution >= 0.6 is 0 Å². The van der Waals surface area contributed by atoms with Gasteiger partial charge in [-0.2, -0.15) is 0 Å². The van der Waals surface area contributed by atoms with E-state index in [1.165, 1.54) is 0 Å². The van der Waals surface area contributed by atoms with Crippen LogP contribution < -0.4 is 15.8 Å². The van der Waals surface area contributed by atoms with Gasteiger partial charge in [0.15, 0.2) is 5.96 Å². The number of benzene rings is 1. The summed E-state index contributed by atoms with van der Waals surface area (Å²) >= 11 is 0. The van der Waals surface area contributed by atoms with Gasteiger partial charge in [0.2, 0.25) is 0 Å². The minimum atomic E-state index is -0.247. The fourth-order valence-corrected chi connectivity index (χ4v) is 3.01. The number of hydrogen-bond acceptors (Lipinski definition) is 5. The summed E-state index contributed by atoms with van der Waals surface area (Å²) in [4.78, 5) is 17.9. The molecule has 1 saturated heterocycles. The highest BCUT2D eigenvalue weighted by Crippen LogP contribution is 2.21. The quantitative estimate of drug-likeness (QED) is 0.399. The smallest absolute Gasteiger partial charge is 0.409 e. The van der Waals surface area contributed by atoms with E-state index in [9.17, 15) is 4.79 Å². The second-order valence-electron chi connectivity index (χ2n) is 6.76. The molecule has 1 aliphatic heterocycles. The SMILES string of the molecule is CCOC(=O)N1CCC(NC(N)=NCc2ccc(C)cc2OCCOC)CC1. The number of aliphatic imine (C=N–C) groups is 1. The predicted molar refractivity (Wildman–Crippen MR) is 109 cm³/mol. The molecule has 156 valence electrons. The molecule has 1 aliphatic rings. The van der Waals surface area contributed by atoms with Crippen LogP contribution in [0.15, 0.2) is 23.2 Å². The molecular weight excluding hydrogens is 360 g/mol. The topological polar surface area (TPSA) is 98.4 Å². The summed E-state index contributed by atoms with van der Waals surface area (Å²) in [5, 5.41) is 3.25. The lowest BCUT2D eigenvalue weighted by Gasteiger charge is -2.31. The van der Waals surface area contributed by atoms with E-state index in [0.29, 0.717) is 45.4 Å². The Labute approximate surface area is 167 Å². The molecule has 8 heteroatoms. The minimum Gasteiger partial charge on any atom is -0.491 e. The summed E-state index contributed by atoms with van der Waals surface area (Å²) in [6, 6.07) is 6.23. The molecule has 1 aromatic carbocycles. The Morgan fingerprint density at radius 1 is 1.32 bits per heavy atom. The molecule has 0 spiro atoms. The Kier molecular flexibility index (Phi) is 8.87. The van der Waals surface area contributed by atoms with Crippen molar-refractivity contribution >= 4 is 12.1 Å². The zero-order valence-corrected chi connectivity index (χ0v) is 17.1. The van der Waals surface area contributed by atoms with E-state index in [0.717, 1.165) is 29.7 Å². The van der Waals surface area contributed by atoms with Crippen LogP contribution in [0.4, 0.5) is 4.79 Å². The van der Waals surface area contributed by atoms with Crippen LogP contribution in [0.1, 0.15) is 30.9 Å². The van der Waals surface area contributed by atoms with Crippen LogP contribution in [0.25, 0.3) is 0 Å². The van der Waals surface area contributed by atoms with E-state index in [1.54, 1.807) is 12.0 Å². The van der Waals surface area contributed by atoms with Crippen molar-refractivity contribution in [3.63, 3.8) is 0 Å². The van der Waals surface area contributed by atoms with E-state index in [4.69, 9.17) is 19.9 Å². The number of methoxy groups -OCH3 is 1. The summed E-state index contributed by atoms with van der Waals surface area (Å²) in [7, 11) is 1.65. The Morgan fingerprint density at radius 3 is 2.75 bits per heavy atom. The van der Waals surface area contributed by atoms with Gasteiger partial charge in [0.25, 0.3) is 0 Å². The van der Waals surface area contributed by atoms with E-state index in [1.807, 2.05) is 32.0 Å². The molecule has 28 heavy (non-hydrogen) atoms. The number of hydrogen-bond donors (Lipinski definition) is 2. The average molecular weight is 393 g/mol. The number of aryl methyl sites for hydroxylation is 1. The lowest BCUT2D eigenvalue weighted by atomic mass is 10.1. The van der Waals surface area contributed by atoms with E-state index in [2.05, 4.69) is 10.3 Å². The molecule has 1 aromatic rings. The summed E-state index contributed by atoms with van der Waals surface area (Å²) in [6.45, 7) is 6.99. The molecule has 8 nitrogen and oxygen atoms in total. The predicted octanol–water partition coefficient (Wildman–Crippen LogP) is 2.05. The third-order valence-electron chi connectivity index (χ3n) is 4.56. The Morgan fingerprint density at radius 2 is 2.07 bits per heavy atom. The molecule has 0 atom stereocenters. The van der Waals surface area contributed by atoms with Crippen molar-refractivity contribution in [1.29, 1.82) is 0 Å². The number of nitrogens with zero attached hydrogens (tertiary/aromatic N) is 2. The van der Waals surface area contributed by atoms with Gasteiger partial charge < -0.3 is 30.2 Å². The van der Waals surface area contributed by atoms with Gasteiger partial charge in [-0.1, -0.05) is 12.1 Å². The number of nitrogens with two attached hydrogens (primary N) is 1. The second-order valence-corrected chi connectivity index (χ2v) is 6.76. The number of carbonyl (C=O) groups is 1. The number of guanidine groups is 1. The first-order valence-corrected chi connectivity index (χ1v) is 9.73. The molecule has 1 amide bonds. The van der Waals surface area contributed by atoms with Crippen molar-refractivity contribution in [2.45, 2.75) is 39.3 Å². The highest BCUT2D eigenvalue weighted by molar-refractivity contribution is 5.78. The zero-order valence-electron chi connectivity index (χ0n) is 17.1. The Balaban J connectivity index is 1.85. The third kappa shape index (κ3) is 6.92. The number of amides is 1. The van der Waals surface area contributed by atoms with Gasteiger partial charge in [-0.05, 0) is 38.3 Å². The minimum absolute atomic E-state index is 0.199. The van der Waals surface area contributed by atoms with Gasteiger partial charge in [-0.15, -0.1) is 0 Å². The van der Waals surface area contributed by atoms with Crippen LogP contribution in [0.5, 0.6) is 5.75 Å². The molecule has 2 rings (SSSR count). The average Bonchev–Trinajstić information content (AvgIpc) is 2.68. The maximum Gasteiger partial charge on any atom is 0.409 e. The van der Waals surface area contributed by atoms with Gasteiger partial charge in [0.1, 0.15) is 12.4 Å². The van der Waals surface area contributed by atoms with Crippen molar-refractivity contribution in [2.75, 3.05) is 40.0 Å². The maximum absolute atomic E-state index is 11.8. The number of likely N-dealkylation sites (tertiary alicyclic amines) is 1. The monoisotopic (exact) mass is 392 g/mol. The first kappa shape index (κ1) is 21.8. The molecule has 0 saturated carbocycles. The Hall–Kier alpha value is -2.48. The van der Waals surface area contributed by atoms with Gasteiger partial charge >= 0.3 is 6.09 Å². The van der Waals surface area contributed by atoms with E-state index < -0.39 is 0 Å². The number of ether oxygens (including phenoxy) is 3. The zero-order chi connectivity index (χ0) is 20.4. The third-order valence-corrected chi connectivity index (χ3v) is 4.56. The molecule has 0 bridgehead atoms. The lowest BCUT2D eigenvalue weighted by molar-refractivity contribution is 0.0963. The van der Waals surface area contributed by atoms with Crippen LogP contribution in [0.3, 0.4) is 0 Å². The van der Waals surface area contributed by atoms with Crippen molar-refractivity contribution in [1.82, 2.24) is 10.2 Å². The van der Waals surface area contributed by atoms with Gasteiger partial charge in [-0.25, -0.2) is 9.79 Å². The normalized spacial score (nSPS) is 15.4. The summed E-state index contributed by atoms with van der Waals surface area (Å²) < 4.78 is 15.9. The number of piperidine rings is 1. The van der Waals surface area contributed by atoms with Crippen LogP contribution in [-0.2, 0) is 16.0 Å². The first-order chi connectivity index (χ1) is 13.5. The van der Waals surface area contributed by atoms with Crippen molar-refractivity contribution in [3.8, 4) is 5.75 Å². The molecule has 1 fully saturated rings. The van der Waals surface area contributed by atoms with Crippen LogP contribution in [-0.4, -0.2) is 63.0 Å². The van der Waals surface area contributed by atoms with Crippen molar-refractivity contribution in [3.05, 3.63) is 29.3 Å². The first-order valence-electron chi connectivity index (χ1n) is 9.73. The molecular formula is C20H32N4O4. The van der Waals surface area contributed by atoms with Crippen molar-refractivity contribution in [2.24, 2.45) is 10.7 Å². The maximum atomic E-state index is 11.8. The van der Waals surface area contributed by atoms with E-state index in [-0.39, 0.29) is 12.1 Å². The molecule has 0 aliphatic carbocycles. The standard InChI is InChI=1S/C20H32N4O4/c1-4-27-20(25)24-9-7-17(8-10-24)23-19(21)22-14-16-6-5-15(2)13-18(16)28-12-11-26-3/h5-6,13,17H,4,7-12,14H2,1-3H3,(H3,21,22,23). The van der Waals surface area contributed by atoms with Crippen molar-refractivity contribution < 1.29 is 19.0 Å². The fourth-order valence-electron chi connectivity index (χ4n) is 3.01. The highest BCUT2D eigenvalue weighted by Gasteiger charge is 2.23. The lowest BCUT2D eigenvalue weighted by Crippen LogP contribution is -2.48. The number of carbonyl (C=O) groups excluding carboxylic acids is 1. The fraction of sp³-hybridized carbons (Fsp3) is 0.600. The summed E-state index contributed by atoms with van der Waals surface area (Å²) in [5.74, 6) is 1.20.